The minimum Gasteiger partial charge on any atom is -0.354 e. The molecule has 0 bridgehead atoms. The Morgan fingerprint density at radius 2 is 2.00 bits per heavy atom. The molecule has 0 saturated carbocycles. The summed E-state index contributed by atoms with van der Waals surface area (Å²) < 4.78 is 6.63. The van der Waals surface area contributed by atoms with Crippen LogP contribution in [0, 0.1) is 19.8 Å². The van der Waals surface area contributed by atoms with E-state index in [0.717, 1.165) is 6.42 Å². The van der Waals surface area contributed by atoms with Crippen LogP contribution in [0.15, 0.2) is 9.32 Å². The van der Waals surface area contributed by atoms with Crippen LogP contribution in [-0.4, -0.2) is 14.9 Å². The van der Waals surface area contributed by atoms with Crippen LogP contribution >= 0.6 is 0 Å². The number of aryl methyl sites for hydroxylation is 3. The van der Waals surface area contributed by atoms with Crippen molar-refractivity contribution in [3.63, 3.8) is 0 Å². The van der Waals surface area contributed by atoms with Crippen molar-refractivity contribution in [3.8, 4) is 0 Å². The van der Waals surface area contributed by atoms with Crippen LogP contribution < -0.4 is 5.56 Å². The summed E-state index contributed by atoms with van der Waals surface area (Å²) in [6.45, 7) is 8.50. The third kappa shape index (κ3) is 2.09. The summed E-state index contributed by atoms with van der Waals surface area (Å²) >= 11 is 0. The van der Waals surface area contributed by atoms with E-state index in [4.69, 9.17) is 4.52 Å². The highest BCUT2D eigenvalue weighted by Crippen LogP contribution is 2.15. The van der Waals surface area contributed by atoms with Gasteiger partial charge in [0.15, 0.2) is 5.58 Å². The van der Waals surface area contributed by atoms with E-state index in [2.05, 4.69) is 24.1 Å². The van der Waals surface area contributed by atoms with Crippen LogP contribution in [0.5, 0.6) is 0 Å². The topological polar surface area (TPSA) is 60.9 Å². The third-order valence-electron chi connectivity index (χ3n) is 2.83. The van der Waals surface area contributed by atoms with Gasteiger partial charge < -0.3 is 4.52 Å². The molecule has 17 heavy (non-hydrogen) atoms. The van der Waals surface area contributed by atoms with Crippen LogP contribution in [0.25, 0.3) is 11.0 Å². The van der Waals surface area contributed by atoms with Crippen LogP contribution in [0.1, 0.15) is 31.7 Å². The molecule has 0 saturated heterocycles. The number of nitrogens with zero attached hydrogens (tertiary/aromatic N) is 3. The largest absolute Gasteiger partial charge is 0.354 e. The van der Waals surface area contributed by atoms with Gasteiger partial charge in [0.1, 0.15) is 11.1 Å². The average Bonchev–Trinajstić information content (AvgIpc) is 2.64. The Morgan fingerprint density at radius 3 is 2.65 bits per heavy atom. The smallest absolute Gasteiger partial charge is 0.279 e. The molecule has 92 valence electrons. The lowest BCUT2D eigenvalue weighted by atomic mass is 10.1. The van der Waals surface area contributed by atoms with Gasteiger partial charge in [0.2, 0.25) is 0 Å². The van der Waals surface area contributed by atoms with Crippen molar-refractivity contribution >= 4 is 11.0 Å². The highest BCUT2D eigenvalue weighted by Gasteiger charge is 2.15. The van der Waals surface area contributed by atoms with E-state index in [-0.39, 0.29) is 5.56 Å². The molecule has 2 aromatic rings. The summed E-state index contributed by atoms with van der Waals surface area (Å²) in [4.78, 5) is 12.2. The maximum atomic E-state index is 12.2. The zero-order valence-electron chi connectivity index (χ0n) is 10.6. The molecule has 0 N–H and O–H groups in total. The lowest BCUT2D eigenvalue weighted by molar-refractivity contribution is 0.441. The predicted molar refractivity (Wildman–Crippen MR) is 65.0 cm³/mol. The summed E-state index contributed by atoms with van der Waals surface area (Å²) in [5.74, 6) is 0.545. The molecule has 0 aliphatic heterocycles. The quantitative estimate of drug-likeness (QED) is 0.816. The summed E-state index contributed by atoms with van der Waals surface area (Å²) in [6.07, 6.45) is 0.933. The zero-order chi connectivity index (χ0) is 12.6. The summed E-state index contributed by atoms with van der Waals surface area (Å²) in [7, 11) is 0. The maximum absolute atomic E-state index is 12.2. The highest BCUT2D eigenvalue weighted by atomic mass is 16.5. The Bertz CT molecular complexity index is 596. The molecule has 5 heteroatoms. The fraction of sp³-hybridized carbons (Fsp3) is 0.583. The fourth-order valence-corrected chi connectivity index (χ4v) is 1.80. The lowest BCUT2D eigenvalue weighted by Gasteiger charge is -2.07. The molecule has 0 aliphatic rings. The van der Waals surface area contributed by atoms with Crippen molar-refractivity contribution in [2.75, 3.05) is 0 Å². The Labute approximate surface area is 99.4 Å². The van der Waals surface area contributed by atoms with Gasteiger partial charge in [-0.15, -0.1) is 0 Å². The van der Waals surface area contributed by atoms with Crippen molar-refractivity contribution in [3.05, 3.63) is 21.7 Å². The molecule has 0 spiro atoms. The molecule has 0 atom stereocenters. The lowest BCUT2D eigenvalue weighted by Crippen LogP contribution is -2.24. The van der Waals surface area contributed by atoms with Gasteiger partial charge >= 0.3 is 0 Å². The van der Waals surface area contributed by atoms with Crippen molar-refractivity contribution in [2.24, 2.45) is 5.92 Å². The summed E-state index contributed by atoms with van der Waals surface area (Å²) in [6, 6.07) is 0. The first kappa shape index (κ1) is 11.8. The standard InChI is InChI=1S/C12H17N3O2/c1-7(2)5-6-15-12(16)10-8(3)14-17-11(10)9(4)13-15/h7H,5-6H2,1-4H3. The predicted octanol–water partition coefficient (Wildman–Crippen LogP) is 2.05. The SMILES string of the molecule is Cc1nn(CCC(C)C)c(=O)c2c(C)noc12. The van der Waals surface area contributed by atoms with Gasteiger partial charge in [-0.1, -0.05) is 19.0 Å². The van der Waals surface area contributed by atoms with E-state index < -0.39 is 0 Å². The van der Waals surface area contributed by atoms with E-state index >= 15 is 0 Å². The Hall–Kier alpha value is -1.65. The highest BCUT2D eigenvalue weighted by molar-refractivity contribution is 5.79. The molecule has 2 aromatic heterocycles. The molecular weight excluding hydrogens is 218 g/mol. The minimum absolute atomic E-state index is 0.106. The normalized spacial score (nSPS) is 11.6. The molecule has 0 radical (unpaired) electrons. The Kier molecular flexibility index (Phi) is 3.00. The van der Waals surface area contributed by atoms with Gasteiger partial charge in [-0.3, -0.25) is 4.79 Å². The van der Waals surface area contributed by atoms with Gasteiger partial charge in [-0.25, -0.2) is 4.68 Å². The number of rotatable bonds is 3. The molecule has 2 heterocycles. The number of aromatic nitrogens is 3. The maximum Gasteiger partial charge on any atom is 0.279 e. The molecule has 0 aromatic carbocycles. The first-order valence-corrected chi connectivity index (χ1v) is 5.84. The van der Waals surface area contributed by atoms with Gasteiger partial charge in [0, 0.05) is 6.54 Å². The van der Waals surface area contributed by atoms with Crippen LogP contribution in [0.3, 0.4) is 0 Å². The van der Waals surface area contributed by atoms with Crippen LogP contribution in [-0.2, 0) is 6.54 Å². The molecular formula is C12H17N3O2. The van der Waals surface area contributed by atoms with E-state index in [9.17, 15) is 4.79 Å². The molecule has 0 amide bonds. The van der Waals surface area contributed by atoms with Gasteiger partial charge in [0.05, 0.1) is 5.69 Å². The molecule has 0 unspecified atom stereocenters. The van der Waals surface area contributed by atoms with E-state index in [1.54, 1.807) is 6.92 Å². The first-order valence-electron chi connectivity index (χ1n) is 5.84. The van der Waals surface area contributed by atoms with Crippen LogP contribution in [0.2, 0.25) is 0 Å². The Balaban J connectivity index is 2.54. The van der Waals surface area contributed by atoms with Crippen molar-refractivity contribution in [1.29, 1.82) is 0 Å². The van der Waals surface area contributed by atoms with Crippen molar-refractivity contribution < 1.29 is 4.52 Å². The number of fused-ring (bicyclic) bond motifs is 1. The first-order chi connectivity index (χ1) is 8.00. The van der Waals surface area contributed by atoms with Crippen molar-refractivity contribution in [2.45, 2.75) is 40.7 Å². The van der Waals surface area contributed by atoms with Gasteiger partial charge in [-0.2, -0.15) is 5.10 Å². The fourth-order valence-electron chi connectivity index (χ4n) is 1.80. The van der Waals surface area contributed by atoms with Crippen LogP contribution in [0.4, 0.5) is 0 Å². The van der Waals surface area contributed by atoms with Gasteiger partial charge in [0.25, 0.3) is 5.56 Å². The third-order valence-corrected chi connectivity index (χ3v) is 2.83. The molecule has 2 rings (SSSR count). The van der Waals surface area contributed by atoms with Gasteiger partial charge in [-0.05, 0) is 26.2 Å². The monoisotopic (exact) mass is 235 g/mol. The second-order valence-corrected chi connectivity index (χ2v) is 4.77. The molecule has 0 aliphatic carbocycles. The minimum atomic E-state index is -0.106. The number of hydrogen-bond acceptors (Lipinski definition) is 4. The average molecular weight is 235 g/mol. The second-order valence-electron chi connectivity index (χ2n) is 4.77. The number of hydrogen-bond donors (Lipinski definition) is 0. The molecule has 5 nitrogen and oxygen atoms in total. The van der Waals surface area contributed by atoms with E-state index in [1.165, 1.54) is 4.68 Å². The van der Waals surface area contributed by atoms with Crippen molar-refractivity contribution in [1.82, 2.24) is 14.9 Å². The second kappa shape index (κ2) is 4.31. The summed E-state index contributed by atoms with van der Waals surface area (Å²) in [5, 5.41) is 8.64. The zero-order valence-corrected chi connectivity index (χ0v) is 10.6. The van der Waals surface area contributed by atoms with E-state index in [0.29, 0.717) is 34.8 Å². The summed E-state index contributed by atoms with van der Waals surface area (Å²) in [5.41, 5.74) is 1.75. The molecule has 0 fully saturated rings. The Morgan fingerprint density at radius 1 is 1.29 bits per heavy atom. The van der Waals surface area contributed by atoms with E-state index in [1.807, 2.05) is 6.92 Å².